The Balaban J connectivity index is 2.54. The predicted molar refractivity (Wildman–Crippen MR) is 65.4 cm³/mol. The van der Waals surface area contributed by atoms with Crippen LogP contribution in [-0.2, 0) is 0 Å². The molecule has 0 aliphatic carbocycles. The predicted octanol–water partition coefficient (Wildman–Crippen LogP) is 3.11. The number of carbonyl (C=O) groups excluding carboxylic acids is 1. The molecule has 0 saturated carbocycles. The van der Waals surface area contributed by atoms with Crippen LogP contribution in [-0.4, -0.2) is 5.91 Å². The van der Waals surface area contributed by atoms with Crippen LogP contribution in [0.5, 0.6) is 0 Å². The summed E-state index contributed by atoms with van der Waals surface area (Å²) in [5.41, 5.74) is 7.55. The topological polar surface area (TPSA) is 43.1 Å². The van der Waals surface area contributed by atoms with E-state index < -0.39 is 5.91 Å². The van der Waals surface area contributed by atoms with Crippen LogP contribution in [0.2, 0.25) is 5.02 Å². The van der Waals surface area contributed by atoms with Gasteiger partial charge in [-0.2, -0.15) is 0 Å². The van der Waals surface area contributed by atoms with E-state index in [2.05, 4.69) is 0 Å². The van der Waals surface area contributed by atoms with Gasteiger partial charge in [-0.3, -0.25) is 4.79 Å². The number of nitrogens with two attached hydrogens (primary N) is 1. The van der Waals surface area contributed by atoms with Gasteiger partial charge in [-0.05, 0) is 29.3 Å². The minimum absolute atomic E-state index is 0.423. The number of hydrogen-bond donors (Lipinski definition) is 1. The number of carbonyl (C=O) groups is 1. The SMILES string of the molecule is NC(=O)c1cc(Cl)cc(-c2ccccc2)c1. The fraction of sp³-hybridized carbons (Fsp3) is 0. The Morgan fingerprint density at radius 3 is 2.31 bits per heavy atom. The molecule has 0 fully saturated rings. The van der Waals surface area contributed by atoms with E-state index in [4.69, 9.17) is 17.3 Å². The Kier molecular flexibility index (Phi) is 2.93. The van der Waals surface area contributed by atoms with E-state index in [-0.39, 0.29) is 0 Å². The molecule has 2 aromatic rings. The van der Waals surface area contributed by atoms with E-state index in [1.54, 1.807) is 12.1 Å². The smallest absolute Gasteiger partial charge is 0.248 e. The van der Waals surface area contributed by atoms with Gasteiger partial charge in [0.1, 0.15) is 0 Å². The molecule has 3 heteroatoms. The molecule has 0 aliphatic heterocycles. The van der Waals surface area contributed by atoms with Crippen molar-refractivity contribution in [3.63, 3.8) is 0 Å². The van der Waals surface area contributed by atoms with Gasteiger partial charge < -0.3 is 5.73 Å². The first-order valence-corrected chi connectivity index (χ1v) is 5.20. The molecule has 2 rings (SSSR count). The first kappa shape index (κ1) is 10.7. The molecular formula is C13H10ClNO. The monoisotopic (exact) mass is 231 g/mol. The molecule has 0 unspecified atom stereocenters. The summed E-state index contributed by atoms with van der Waals surface area (Å²) >= 11 is 5.94. The second-order valence-electron chi connectivity index (χ2n) is 3.46. The van der Waals surface area contributed by atoms with Gasteiger partial charge in [0.05, 0.1) is 0 Å². The lowest BCUT2D eigenvalue weighted by Crippen LogP contribution is -2.10. The fourth-order valence-electron chi connectivity index (χ4n) is 1.53. The van der Waals surface area contributed by atoms with Crippen LogP contribution in [0.1, 0.15) is 10.4 Å². The van der Waals surface area contributed by atoms with Gasteiger partial charge >= 0.3 is 0 Å². The summed E-state index contributed by atoms with van der Waals surface area (Å²) in [6, 6.07) is 14.8. The summed E-state index contributed by atoms with van der Waals surface area (Å²) in [6.07, 6.45) is 0. The molecule has 0 atom stereocenters. The lowest BCUT2D eigenvalue weighted by atomic mass is 10.0. The van der Waals surface area contributed by atoms with Crippen LogP contribution in [0.15, 0.2) is 48.5 Å². The summed E-state index contributed by atoms with van der Waals surface area (Å²) < 4.78 is 0. The lowest BCUT2D eigenvalue weighted by molar-refractivity contribution is 0.100. The second-order valence-corrected chi connectivity index (χ2v) is 3.90. The van der Waals surface area contributed by atoms with E-state index in [1.165, 1.54) is 0 Å². The third-order valence-corrected chi connectivity index (χ3v) is 2.51. The van der Waals surface area contributed by atoms with Crippen molar-refractivity contribution < 1.29 is 4.79 Å². The highest BCUT2D eigenvalue weighted by molar-refractivity contribution is 6.31. The maximum atomic E-state index is 11.1. The standard InChI is InChI=1S/C13H10ClNO/c14-12-7-10(6-11(8-12)13(15)16)9-4-2-1-3-5-9/h1-8H,(H2,15,16). The molecule has 0 spiro atoms. The van der Waals surface area contributed by atoms with Gasteiger partial charge in [0.2, 0.25) is 5.91 Å². The largest absolute Gasteiger partial charge is 0.366 e. The van der Waals surface area contributed by atoms with Crippen molar-refractivity contribution in [3.8, 4) is 11.1 Å². The third kappa shape index (κ3) is 2.23. The first-order valence-electron chi connectivity index (χ1n) is 4.82. The van der Waals surface area contributed by atoms with Crippen LogP contribution in [0.4, 0.5) is 0 Å². The Morgan fingerprint density at radius 2 is 1.69 bits per heavy atom. The average molecular weight is 232 g/mol. The van der Waals surface area contributed by atoms with Gasteiger partial charge in [0, 0.05) is 10.6 Å². The van der Waals surface area contributed by atoms with Crippen LogP contribution in [0, 0.1) is 0 Å². The summed E-state index contributed by atoms with van der Waals surface area (Å²) in [6.45, 7) is 0. The Hall–Kier alpha value is -1.80. The number of halogens is 1. The van der Waals surface area contributed by atoms with Crippen molar-refractivity contribution in [3.05, 3.63) is 59.1 Å². The molecule has 0 radical (unpaired) electrons. The zero-order valence-corrected chi connectivity index (χ0v) is 9.24. The van der Waals surface area contributed by atoms with Crippen molar-refractivity contribution in [2.45, 2.75) is 0 Å². The van der Waals surface area contributed by atoms with E-state index in [9.17, 15) is 4.79 Å². The molecule has 0 aliphatic rings. The third-order valence-electron chi connectivity index (χ3n) is 2.29. The summed E-state index contributed by atoms with van der Waals surface area (Å²) in [5, 5.41) is 0.509. The summed E-state index contributed by atoms with van der Waals surface area (Å²) in [4.78, 5) is 11.1. The minimum atomic E-state index is -0.473. The highest BCUT2D eigenvalue weighted by atomic mass is 35.5. The molecule has 0 heterocycles. The molecule has 0 aromatic heterocycles. The molecule has 16 heavy (non-hydrogen) atoms. The van der Waals surface area contributed by atoms with Crippen LogP contribution < -0.4 is 5.73 Å². The van der Waals surface area contributed by atoms with Gasteiger partial charge in [0.25, 0.3) is 0 Å². The van der Waals surface area contributed by atoms with E-state index >= 15 is 0 Å². The van der Waals surface area contributed by atoms with Crippen molar-refractivity contribution in [1.29, 1.82) is 0 Å². The molecule has 1 amide bonds. The number of amides is 1. The van der Waals surface area contributed by atoms with Gasteiger partial charge in [-0.15, -0.1) is 0 Å². The van der Waals surface area contributed by atoms with Crippen LogP contribution in [0.3, 0.4) is 0 Å². The zero-order chi connectivity index (χ0) is 11.5. The fourth-order valence-corrected chi connectivity index (χ4v) is 1.76. The van der Waals surface area contributed by atoms with E-state index in [0.717, 1.165) is 11.1 Å². The molecule has 80 valence electrons. The van der Waals surface area contributed by atoms with Gasteiger partial charge in [-0.25, -0.2) is 0 Å². The highest BCUT2D eigenvalue weighted by Gasteiger charge is 2.05. The lowest BCUT2D eigenvalue weighted by Gasteiger charge is -2.04. The highest BCUT2D eigenvalue weighted by Crippen LogP contribution is 2.24. The molecule has 0 bridgehead atoms. The number of rotatable bonds is 2. The molecular weight excluding hydrogens is 222 g/mol. The minimum Gasteiger partial charge on any atom is -0.366 e. The average Bonchev–Trinajstić information content (AvgIpc) is 2.29. The second kappa shape index (κ2) is 4.37. The number of benzene rings is 2. The number of primary amides is 1. The molecule has 2 N–H and O–H groups in total. The van der Waals surface area contributed by atoms with E-state index in [0.29, 0.717) is 10.6 Å². The zero-order valence-electron chi connectivity index (χ0n) is 8.48. The van der Waals surface area contributed by atoms with Crippen LogP contribution in [0.25, 0.3) is 11.1 Å². The Bertz CT molecular complexity index is 523. The summed E-state index contributed by atoms with van der Waals surface area (Å²) in [7, 11) is 0. The quantitative estimate of drug-likeness (QED) is 0.848. The summed E-state index contributed by atoms with van der Waals surface area (Å²) in [5.74, 6) is -0.473. The van der Waals surface area contributed by atoms with Crippen LogP contribution >= 0.6 is 11.6 Å². The van der Waals surface area contributed by atoms with Crippen molar-refractivity contribution in [2.75, 3.05) is 0 Å². The first-order chi connectivity index (χ1) is 7.66. The molecule has 0 saturated heterocycles. The normalized spacial score (nSPS) is 10.1. The molecule has 2 nitrogen and oxygen atoms in total. The van der Waals surface area contributed by atoms with Crippen molar-refractivity contribution in [2.24, 2.45) is 5.73 Å². The molecule has 2 aromatic carbocycles. The number of hydrogen-bond acceptors (Lipinski definition) is 1. The van der Waals surface area contributed by atoms with Gasteiger partial charge in [0.15, 0.2) is 0 Å². The van der Waals surface area contributed by atoms with E-state index in [1.807, 2.05) is 36.4 Å². The Labute approximate surface area is 98.7 Å². The maximum absolute atomic E-state index is 11.1. The maximum Gasteiger partial charge on any atom is 0.248 e. The van der Waals surface area contributed by atoms with Crippen molar-refractivity contribution >= 4 is 17.5 Å². The van der Waals surface area contributed by atoms with Gasteiger partial charge in [-0.1, -0.05) is 41.9 Å². The Morgan fingerprint density at radius 1 is 1.00 bits per heavy atom. The van der Waals surface area contributed by atoms with Crippen molar-refractivity contribution in [1.82, 2.24) is 0 Å².